The third-order valence-corrected chi connectivity index (χ3v) is 3.62. The average Bonchev–Trinajstić information content (AvgIpc) is 2.94. The molecule has 1 aromatic rings. The lowest BCUT2D eigenvalue weighted by atomic mass is 9.88. The molecule has 114 valence electrons. The SMILES string of the molecule is [C-]#[N+]c1cc(F)cc([C@@H]2CCON2C(=O)C(C)(C)CC#N)c1. The van der Waals surface area contributed by atoms with Gasteiger partial charge < -0.3 is 0 Å². The monoisotopic (exact) mass is 301 g/mol. The van der Waals surface area contributed by atoms with Crippen LogP contribution < -0.4 is 0 Å². The molecule has 22 heavy (non-hydrogen) atoms. The van der Waals surface area contributed by atoms with E-state index in [9.17, 15) is 9.18 Å². The van der Waals surface area contributed by atoms with Gasteiger partial charge in [0.1, 0.15) is 5.82 Å². The van der Waals surface area contributed by atoms with E-state index < -0.39 is 17.3 Å². The van der Waals surface area contributed by atoms with Crippen LogP contribution in [0, 0.1) is 29.1 Å². The summed E-state index contributed by atoms with van der Waals surface area (Å²) in [5.41, 5.74) is -0.164. The van der Waals surface area contributed by atoms with Gasteiger partial charge in [0.25, 0.3) is 5.91 Å². The predicted octanol–water partition coefficient (Wildman–Crippen LogP) is 3.52. The number of hydrogen-bond acceptors (Lipinski definition) is 3. The van der Waals surface area contributed by atoms with Crippen molar-refractivity contribution in [1.82, 2.24) is 5.06 Å². The number of carbonyl (C=O) groups excluding carboxylic acids is 1. The van der Waals surface area contributed by atoms with Gasteiger partial charge in [-0.1, -0.05) is 6.07 Å². The summed E-state index contributed by atoms with van der Waals surface area (Å²) in [7, 11) is 0. The van der Waals surface area contributed by atoms with E-state index in [2.05, 4.69) is 4.85 Å². The zero-order valence-electron chi connectivity index (χ0n) is 12.5. The van der Waals surface area contributed by atoms with Gasteiger partial charge in [-0.3, -0.25) is 9.63 Å². The van der Waals surface area contributed by atoms with E-state index in [1.165, 1.54) is 11.1 Å². The molecule has 0 aliphatic carbocycles. The smallest absolute Gasteiger partial charge is 0.253 e. The van der Waals surface area contributed by atoms with Gasteiger partial charge in [-0.25, -0.2) is 14.3 Å². The molecule has 1 aliphatic heterocycles. The topological polar surface area (TPSA) is 57.7 Å². The quantitative estimate of drug-likeness (QED) is 0.803. The van der Waals surface area contributed by atoms with Crippen LogP contribution in [0.2, 0.25) is 0 Å². The van der Waals surface area contributed by atoms with E-state index >= 15 is 0 Å². The molecule has 0 N–H and O–H groups in total. The highest BCUT2D eigenvalue weighted by atomic mass is 19.1. The Kier molecular flexibility index (Phi) is 4.44. The van der Waals surface area contributed by atoms with Gasteiger partial charge in [-0.15, -0.1) is 0 Å². The van der Waals surface area contributed by atoms with E-state index in [1.54, 1.807) is 19.9 Å². The second-order valence-corrected chi connectivity index (χ2v) is 5.84. The van der Waals surface area contributed by atoms with Crippen molar-refractivity contribution in [1.29, 1.82) is 5.26 Å². The molecule has 0 spiro atoms. The van der Waals surface area contributed by atoms with Crippen LogP contribution in [0.5, 0.6) is 0 Å². The number of nitriles is 1. The first kappa shape index (κ1) is 15.9. The summed E-state index contributed by atoms with van der Waals surface area (Å²) in [4.78, 5) is 21.2. The highest BCUT2D eigenvalue weighted by Gasteiger charge is 2.39. The molecule has 1 heterocycles. The Labute approximate surface area is 128 Å². The fourth-order valence-corrected chi connectivity index (χ4v) is 2.40. The van der Waals surface area contributed by atoms with E-state index in [-0.39, 0.29) is 18.0 Å². The summed E-state index contributed by atoms with van der Waals surface area (Å²) in [5.74, 6) is -0.829. The van der Waals surface area contributed by atoms with Crippen LogP contribution in [0.15, 0.2) is 18.2 Å². The molecule has 6 heteroatoms. The zero-order chi connectivity index (χ0) is 16.3. The van der Waals surface area contributed by atoms with Gasteiger partial charge in [0.15, 0.2) is 5.69 Å². The third kappa shape index (κ3) is 3.08. The van der Waals surface area contributed by atoms with Crippen molar-refractivity contribution in [3.8, 4) is 6.07 Å². The second-order valence-electron chi connectivity index (χ2n) is 5.84. The summed E-state index contributed by atoms with van der Waals surface area (Å²) < 4.78 is 13.6. The summed E-state index contributed by atoms with van der Waals surface area (Å²) >= 11 is 0. The number of carbonyl (C=O) groups is 1. The molecule has 0 bridgehead atoms. The maximum atomic E-state index is 13.6. The zero-order valence-corrected chi connectivity index (χ0v) is 12.5. The van der Waals surface area contributed by atoms with Crippen molar-refractivity contribution in [2.75, 3.05) is 6.61 Å². The molecule has 0 radical (unpaired) electrons. The predicted molar refractivity (Wildman–Crippen MR) is 76.8 cm³/mol. The summed E-state index contributed by atoms with van der Waals surface area (Å²) in [6, 6.07) is 5.57. The molecule has 1 aromatic carbocycles. The number of halogens is 1. The van der Waals surface area contributed by atoms with E-state index in [4.69, 9.17) is 16.7 Å². The molecule has 1 amide bonds. The molecule has 1 saturated heterocycles. The summed E-state index contributed by atoms with van der Waals surface area (Å²) in [6.45, 7) is 10.7. The van der Waals surface area contributed by atoms with Crippen molar-refractivity contribution >= 4 is 11.6 Å². The molecule has 1 aliphatic rings. The van der Waals surface area contributed by atoms with Crippen molar-refractivity contribution in [3.05, 3.63) is 41.0 Å². The van der Waals surface area contributed by atoms with Crippen LogP contribution >= 0.6 is 0 Å². The number of benzene rings is 1. The summed E-state index contributed by atoms with van der Waals surface area (Å²) in [5, 5.41) is 10.1. The summed E-state index contributed by atoms with van der Waals surface area (Å²) in [6.07, 6.45) is 0.587. The van der Waals surface area contributed by atoms with Crippen molar-refractivity contribution in [2.45, 2.75) is 32.7 Å². The number of nitrogens with zero attached hydrogens (tertiary/aromatic N) is 3. The van der Waals surface area contributed by atoms with Crippen LogP contribution in [0.1, 0.15) is 38.3 Å². The minimum absolute atomic E-state index is 0.0644. The molecule has 0 aromatic heterocycles. The molecule has 0 unspecified atom stereocenters. The maximum Gasteiger partial charge on any atom is 0.253 e. The van der Waals surface area contributed by atoms with Gasteiger partial charge >= 0.3 is 0 Å². The molecular weight excluding hydrogens is 285 g/mol. The first-order valence-corrected chi connectivity index (χ1v) is 6.90. The second kappa shape index (κ2) is 6.13. The van der Waals surface area contributed by atoms with Gasteiger partial charge in [0.2, 0.25) is 0 Å². The lowest BCUT2D eigenvalue weighted by Gasteiger charge is -2.30. The van der Waals surface area contributed by atoms with Crippen molar-refractivity contribution in [2.24, 2.45) is 5.41 Å². The first-order chi connectivity index (χ1) is 10.4. The van der Waals surface area contributed by atoms with Crippen LogP contribution in [0.25, 0.3) is 4.85 Å². The number of hydrogen-bond donors (Lipinski definition) is 0. The fraction of sp³-hybridized carbons (Fsp3) is 0.438. The Balaban J connectivity index is 2.32. The number of amides is 1. The minimum atomic E-state index is -0.882. The first-order valence-electron chi connectivity index (χ1n) is 6.90. The van der Waals surface area contributed by atoms with Gasteiger partial charge in [0.05, 0.1) is 30.7 Å². The Bertz CT molecular complexity index is 673. The molecule has 2 rings (SSSR count). The fourth-order valence-electron chi connectivity index (χ4n) is 2.40. The standard InChI is InChI=1S/C16H16FN3O2/c1-16(2,5-6-18)15(21)20-14(4-7-22-20)11-8-12(17)10-13(9-11)19-3/h8-10,14H,4-5,7H2,1-2H3/t14-/m0/s1. The van der Waals surface area contributed by atoms with Gasteiger partial charge in [-0.2, -0.15) is 5.26 Å². The normalized spacial score (nSPS) is 17.9. The highest BCUT2D eigenvalue weighted by Crippen LogP contribution is 2.36. The third-order valence-electron chi connectivity index (χ3n) is 3.62. The van der Waals surface area contributed by atoms with Crippen LogP contribution in [-0.4, -0.2) is 17.6 Å². The Morgan fingerprint density at radius 3 is 2.95 bits per heavy atom. The minimum Gasteiger partial charge on any atom is -0.272 e. The largest absolute Gasteiger partial charge is 0.272 e. The molecular formula is C16H16FN3O2. The van der Waals surface area contributed by atoms with Crippen LogP contribution in [0.4, 0.5) is 10.1 Å². The Morgan fingerprint density at radius 1 is 1.59 bits per heavy atom. The van der Waals surface area contributed by atoms with Crippen molar-refractivity contribution in [3.63, 3.8) is 0 Å². The maximum absolute atomic E-state index is 13.6. The lowest BCUT2D eigenvalue weighted by Crippen LogP contribution is -2.39. The van der Waals surface area contributed by atoms with Gasteiger partial charge in [-0.05, 0) is 31.5 Å². The molecule has 1 atom stereocenters. The van der Waals surface area contributed by atoms with Gasteiger partial charge in [0, 0.05) is 12.8 Å². The lowest BCUT2D eigenvalue weighted by molar-refractivity contribution is -0.186. The van der Waals surface area contributed by atoms with E-state index in [0.717, 1.165) is 6.07 Å². The van der Waals surface area contributed by atoms with Crippen molar-refractivity contribution < 1.29 is 14.0 Å². The Morgan fingerprint density at radius 2 is 2.32 bits per heavy atom. The average molecular weight is 301 g/mol. The molecule has 5 nitrogen and oxygen atoms in total. The van der Waals surface area contributed by atoms with E-state index in [0.29, 0.717) is 18.6 Å². The number of hydroxylamine groups is 2. The van der Waals surface area contributed by atoms with Crippen LogP contribution in [0.3, 0.4) is 0 Å². The molecule has 0 saturated carbocycles. The Hall–Kier alpha value is -2.44. The molecule has 1 fully saturated rings. The number of rotatable bonds is 3. The van der Waals surface area contributed by atoms with E-state index in [1.807, 2.05) is 6.07 Å². The van der Waals surface area contributed by atoms with Crippen LogP contribution in [-0.2, 0) is 9.63 Å². The highest BCUT2D eigenvalue weighted by molar-refractivity contribution is 5.82.